The van der Waals surface area contributed by atoms with Crippen molar-refractivity contribution in [2.75, 3.05) is 32.8 Å². The molecule has 92 valence electrons. The van der Waals surface area contributed by atoms with Crippen LogP contribution in [0.3, 0.4) is 0 Å². The van der Waals surface area contributed by atoms with Gasteiger partial charge in [-0.1, -0.05) is 0 Å². The Morgan fingerprint density at radius 1 is 1.27 bits per heavy atom. The van der Waals surface area contributed by atoms with Gasteiger partial charge in [0.05, 0.1) is 13.2 Å². The van der Waals surface area contributed by atoms with E-state index in [9.17, 15) is 8.78 Å². The number of hydrogen-bond donors (Lipinski definition) is 2. The number of nitrogens with zero attached hydrogens (tertiary/aromatic N) is 1. The van der Waals surface area contributed by atoms with Crippen molar-refractivity contribution in [2.45, 2.75) is 32.7 Å². The summed E-state index contributed by atoms with van der Waals surface area (Å²) in [5.41, 5.74) is -0.00425. The van der Waals surface area contributed by atoms with Gasteiger partial charge in [0, 0.05) is 25.2 Å². The van der Waals surface area contributed by atoms with E-state index >= 15 is 0 Å². The Kier molecular flexibility index (Phi) is 6.96. The lowest BCUT2D eigenvalue weighted by Crippen LogP contribution is -2.43. The van der Waals surface area contributed by atoms with Gasteiger partial charge in [0.1, 0.15) is 0 Å². The third-order valence-electron chi connectivity index (χ3n) is 1.90. The minimum Gasteiger partial charge on any atom is -0.395 e. The highest BCUT2D eigenvalue weighted by molar-refractivity contribution is 4.71. The summed E-state index contributed by atoms with van der Waals surface area (Å²) < 4.78 is 24.3. The van der Waals surface area contributed by atoms with Gasteiger partial charge in [-0.25, -0.2) is 8.78 Å². The first kappa shape index (κ1) is 14.7. The van der Waals surface area contributed by atoms with Crippen LogP contribution in [-0.2, 0) is 0 Å². The first-order valence-corrected chi connectivity index (χ1v) is 5.21. The van der Waals surface area contributed by atoms with Crippen molar-refractivity contribution >= 4 is 0 Å². The van der Waals surface area contributed by atoms with Crippen LogP contribution in [0.2, 0.25) is 0 Å². The molecule has 0 aliphatic rings. The number of aliphatic hydroxyl groups is 1. The molecule has 2 N–H and O–H groups in total. The van der Waals surface area contributed by atoms with Crippen molar-refractivity contribution in [3.63, 3.8) is 0 Å². The average Bonchev–Trinajstić information content (AvgIpc) is 2.00. The number of rotatable bonds is 7. The highest BCUT2D eigenvalue weighted by Crippen LogP contribution is 2.00. The Labute approximate surface area is 90.5 Å². The summed E-state index contributed by atoms with van der Waals surface area (Å²) in [6.07, 6.45) is -2.34. The van der Waals surface area contributed by atoms with Crippen LogP contribution in [-0.4, -0.2) is 54.8 Å². The number of alkyl halides is 2. The molecule has 0 fully saturated rings. The predicted molar refractivity (Wildman–Crippen MR) is 57.3 cm³/mol. The van der Waals surface area contributed by atoms with Crippen LogP contribution < -0.4 is 5.32 Å². The molecule has 0 saturated carbocycles. The molecule has 0 aromatic heterocycles. The summed E-state index contributed by atoms with van der Waals surface area (Å²) in [6, 6.07) is 0. The van der Waals surface area contributed by atoms with Gasteiger partial charge in [-0.3, -0.25) is 4.90 Å². The van der Waals surface area contributed by atoms with Crippen LogP contribution >= 0.6 is 0 Å². The molecule has 0 aromatic rings. The molecule has 0 heterocycles. The monoisotopic (exact) mass is 224 g/mol. The molecule has 0 rings (SSSR count). The van der Waals surface area contributed by atoms with Crippen LogP contribution in [0.15, 0.2) is 0 Å². The molecule has 15 heavy (non-hydrogen) atoms. The Balaban J connectivity index is 3.75. The van der Waals surface area contributed by atoms with Crippen LogP contribution in [0, 0.1) is 0 Å². The van der Waals surface area contributed by atoms with E-state index in [1.165, 1.54) is 0 Å². The maximum Gasteiger partial charge on any atom is 0.251 e. The summed E-state index contributed by atoms with van der Waals surface area (Å²) in [7, 11) is 0. The van der Waals surface area contributed by atoms with Gasteiger partial charge in [-0.2, -0.15) is 0 Å². The SMILES string of the molecule is CC(C)(C)NCCN(CCO)CC(F)F. The van der Waals surface area contributed by atoms with Crippen molar-refractivity contribution in [1.29, 1.82) is 0 Å². The van der Waals surface area contributed by atoms with E-state index in [-0.39, 0.29) is 18.7 Å². The highest BCUT2D eigenvalue weighted by Gasteiger charge is 2.13. The molecule has 0 aromatic carbocycles. The molecular formula is C10H22F2N2O. The van der Waals surface area contributed by atoms with Gasteiger partial charge in [0.2, 0.25) is 0 Å². The topological polar surface area (TPSA) is 35.5 Å². The number of hydrogen-bond acceptors (Lipinski definition) is 3. The average molecular weight is 224 g/mol. The molecule has 0 saturated heterocycles. The summed E-state index contributed by atoms with van der Waals surface area (Å²) >= 11 is 0. The second-order valence-electron chi connectivity index (χ2n) is 4.59. The Bertz CT molecular complexity index is 160. The Morgan fingerprint density at radius 3 is 2.27 bits per heavy atom. The second-order valence-corrected chi connectivity index (χ2v) is 4.59. The molecule has 0 unspecified atom stereocenters. The molecule has 0 bridgehead atoms. The van der Waals surface area contributed by atoms with Crippen LogP contribution in [0.1, 0.15) is 20.8 Å². The van der Waals surface area contributed by atoms with Crippen molar-refractivity contribution in [3.05, 3.63) is 0 Å². The Hall–Kier alpha value is -0.260. The third-order valence-corrected chi connectivity index (χ3v) is 1.90. The molecule has 3 nitrogen and oxygen atoms in total. The highest BCUT2D eigenvalue weighted by atomic mass is 19.3. The minimum absolute atomic E-state index is 0.00425. The van der Waals surface area contributed by atoms with Crippen LogP contribution in [0.5, 0.6) is 0 Å². The van der Waals surface area contributed by atoms with Gasteiger partial charge >= 0.3 is 0 Å². The van der Waals surface area contributed by atoms with E-state index < -0.39 is 6.43 Å². The second kappa shape index (κ2) is 7.09. The lowest BCUT2D eigenvalue weighted by atomic mass is 10.1. The molecule has 0 atom stereocenters. The molecular weight excluding hydrogens is 202 g/mol. The molecule has 5 heteroatoms. The fraction of sp³-hybridized carbons (Fsp3) is 1.00. The minimum atomic E-state index is -2.34. The van der Waals surface area contributed by atoms with Crippen LogP contribution in [0.25, 0.3) is 0 Å². The molecule has 0 aliphatic carbocycles. The summed E-state index contributed by atoms with van der Waals surface area (Å²) in [4.78, 5) is 1.56. The first-order chi connectivity index (χ1) is 6.85. The number of halogens is 2. The molecule has 0 aliphatic heterocycles. The van der Waals surface area contributed by atoms with Gasteiger partial charge in [-0.15, -0.1) is 0 Å². The summed E-state index contributed by atoms with van der Waals surface area (Å²) in [6.45, 7) is 7.20. The molecule has 0 spiro atoms. The van der Waals surface area contributed by atoms with Gasteiger partial charge in [0.15, 0.2) is 0 Å². The van der Waals surface area contributed by atoms with Crippen LogP contribution in [0.4, 0.5) is 8.78 Å². The summed E-state index contributed by atoms with van der Waals surface area (Å²) in [5.74, 6) is 0. The number of aliphatic hydroxyl groups excluding tert-OH is 1. The van der Waals surface area contributed by atoms with E-state index in [0.717, 1.165) is 0 Å². The standard InChI is InChI=1S/C10H22F2N2O/c1-10(2,3)13-4-5-14(6-7-15)8-9(11)12/h9,13,15H,4-8H2,1-3H3. The summed E-state index contributed by atoms with van der Waals surface area (Å²) in [5, 5.41) is 11.9. The fourth-order valence-corrected chi connectivity index (χ4v) is 1.22. The maximum atomic E-state index is 12.1. The van der Waals surface area contributed by atoms with Crippen molar-refractivity contribution in [2.24, 2.45) is 0 Å². The van der Waals surface area contributed by atoms with E-state index in [1.54, 1.807) is 4.90 Å². The normalized spacial score (nSPS) is 12.8. The smallest absolute Gasteiger partial charge is 0.251 e. The maximum absolute atomic E-state index is 12.1. The van der Waals surface area contributed by atoms with E-state index in [1.807, 2.05) is 20.8 Å². The lowest BCUT2D eigenvalue weighted by molar-refractivity contribution is 0.0780. The zero-order valence-electron chi connectivity index (χ0n) is 9.76. The molecule has 0 radical (unpaired) electrons. The van der Waals surface area contributed by atoms with Crippen molar-refractivity contribution in [1.82, 2.24) is 10.2 Å². The third kappa shape index (κ3) is 10.0. The quantitative estimate of drug-likeness (QED) is 0.675. The van der Waals surface area contributed by atoms with Gasteiger partial charge < -0.3 is 10.4 Å². The lowest BCUT2D eigenvalue weighted by Gasteiger charge is -2.25. The van der Waals surface area contributed by atoms with E-state index in [0.29, 0.717) is 19.6 Å². The van der Waals surface area contributed by atoms with Gasteiger partial charge in [0.25, 0.3) is 6.43 Å². The largest absolute Gasteiger partial charge is 0.395 e. The van der Waals surface area contributed by atoms with Gasteiger partial charge in [-0.05, 0) is 20.8 Å². The number of nitrogens with one attached hydrogen (secondary N) is 1. The first-order valence-electron chi connectivity index (χ1n) is 5.21. The van der Waals surface area contributed by atoms with Crippen molar-refractivity contribution < 1.29 is 13.9 Å². The van der Waals surface area contributed by atoms with E-state index in [4.69, 9.17) is 5.11 Å². The predicted octanol–water partition coefficient (Wildman–Crippen LogP) is 0.934. The molecule has 0 amide bonds. The Morgan fingerprint density at radius 2 is 1.87 bits per heavy atom. The van der Waals surface area contributed by atoms with E-state index in [2.05, 4.69) is 5.32 Å². The zero-order chi connectivity index (χ0) is 11.9. The zero-order valence-corrected chi connectivity index (χ0v) is 9.76. The van der Waals surface area contributed by atoms with Crippen molar-refractivity contribution in [3.8, 4) is 0 Å². The fourth-order valence-electron chi connectivity index (χ4n) is 1.22.